The van der Waals surface area contributed by atoms with Crippen LogP contribution in [-0.4, -0.2) is 139 Å². The minimum absolute atomic E-state index is 0.0317. The Labute approximate surface area is 367 Å². The molecule has 4 saturated heterocycles. The molecule has 14 nitrogen and oxygen atoms in total. The second kappa shape index (κ2) is 19.7. The lowest BCUT2D eigenvalue weighted by Crippen LogP contribution is -2.58. The molecule has 0 aromatic rings. The lowest BCUT2D eigenvalue weighted by Gasteiger charge is -2.48. The van der Waals surface area contributed by atoms with Gasteiger partial charge in [0, 0.05) is 51.7 Å². The van der Waals surface area contributed by atoms with Gasteiger partial charge < -0.3 is 62.7 Å². The first kappa shape index (κ1) is 47.6. The van der Waals surface area contributed by atoms with Gasteiger partial charge in [-0.1, -0.05) is 70.6 Å². The molecule has 1 unspecified atom stereocenters. The Kier molecular flexibility index (Phi) is 15.1. The number of fused-ring (bicyclic) bond motifs is 2. The van der Waals surface area contributed by atoms with Crippen LogP contribution in [0.2, 0.25) is 0 Å². The van der Waals surface area contributed by atoms with Crippen LogP contribution in [0.15, 0.2) is 59.3 Å². The van der Waals surface area contributed by atoms with Crippen molar-refractivity contribution < 1.29 is 67.5 Å². The van der Waals surface area contributed by atoms with Crippen molar-refractivity contribution in [1.82, 2.24) is 0 Å². The van der Waals surface area contributed by atoms with Gasteiger partial charge in [0.2, 0.25) is 0 Å². The Bertz CT molecular complexity index is 1730. The van der Waals surface area contributed by atoms with E-state index in [0.717, 1.165) is 12.0 Å². The van der Waals surface area contributed by atoms with Gasteiger partial charge in [-0.2, -0.15) is 0 Å². The van der Waals surface area contributed by atoms with E-state index in [0.29, 0.717) is 43.3 Å². The number of methoxy groups -OCH3 is 2. The Balaban J connectivity index is 1.18. The van der Waals surface area contributed by atoms with Crippen molar-refractivity contribution in [3.05, 3.63) is 59.3 Å². The van der Waals surface area contributed by atoms with Crippen LogP contribution in [0.25, 0.3) is 0 Å². The van der Waals surface area contributed by atoms with Gasteiger partial charge in [-0.25, -0.2) is 0 Å². The number of hydrogen-bond acceptors (Lipinski definition) is 14. The molecule has 0 radical (unpaired) electrons. The first-order valence-electron chi connectivity index (χ1n) is 22.9. The zero-order chi connectivity index (χ0) is 44.7. The predicted octanol–water partition coefficient (Wildman–Crippen LogP) is 5.38. The second-order valence-electron chi connectivity index (χ2n) is 19.0. The highest BCUT2D eigenvalue weighted by atomic mass is 16.7. The number of carbonyl (C=O) groups excluding carboxylic acids is 1. The number of ether oxygens (including phenoxy) is 10. The quantitative estimate of drug-likeness (QED) is 0.210. The molecule has 0 amide bonds. The number of rotatable bonds is 8. The van der Waals surface area contributed by atoms with Crippen molar-refractivity contribution in [1.29, 1.82) is 0 Å². The van der Waals surface area contributed by atoms with Crippen LogP contribution in [0.3, 0.4) is 0 Å². The van der Waals surface area contributed by atoms with Gasteiger partial charge in [0.05, 0.1) is 49.3 Å². The van der Waals surface area contributed by atoms with Crippen LogP contribution in [-0.2, 0) is 52.2 Å². The van der Waals surface area contributed by atoms with Crippen LogP contribution in [0, 0.1) is 23.7 Å². The monoisotopic (exact) mass is 872 g/mol. The third-order valence-electron chi connectivity index (χ3n) is 14.5. The van der Waals surface area contributed by atoms with E-state index in [-0.39, 0.29) is 42.7 Å². The zero-order valence-corrected chi connectivity index (χ0v) is 38.2. The molecule has 6 heterocycles. The minimum Gasteiger partial charge on any atom is -0.462 e. The fraction of sp³-hybridized carbons (Fsp3) is 0.771. The molecule has 1 spiro atoms. The standard InChI is InChI=1S/C48H72O14/c1-11-25(2)43-28(5)17-18-47(62-43)23-34-20-33(61-47)16-15-27(4)42(26(3)13-12-14-32-24-55-45-40(49)29(6)19-35(46(51)58-34)48(32,45)52)59-39-22-37(54-10)44(31(8)57-39)60-38-21-36(53-9)41(50)30(7)56-38/h12-15,17-19,25-26,28,30-31,33-45,49-50,52H,11,16,20-24H2,1-10H3/b13-12+,27-15+,32-14+/t25-,26-,28-,30-,31-,33+,34-,35-,36-,37-,38-,39-,40+,41-,42-,43+,44-,45+,47?,48+/m0/s1. The van der Waals surface area contributed by atoms with Crippen molar-refractivity contribution in [2.75, 3.05) is 20.8 Å². The maximum atomic E-state index is 14.3. The molecule has 3 N–H and O–H groups in total. The molecule has 4 fully saturated rings. The summed E-state index contributed by atoms with van der Waals surface area (Å²) in [5.74, 6) is -2.56. The first-order chi connectivity index (χ1) is 29.5. The fourth-order valence-electron chi connectivity index (χ4n) is 10.6. The average molecular weight is 873 g/mol. The summed E-state index contributed by atoms with van der Waals surface area (Å²) < 4.78 is 63.7. The predicted molar refractivity (Wildman–Crippen MR) is 227 cm³/mol. The molecular weight excluding hydrogens is 801 g/mol. The summed E-state index contributed by atoms with van der Waals surface area (Å²) in [4.78, 5) is 14.3. The van der Waals surface area contributed by atoms with E-state index in [1.165, 1.54) is 0 Å². The third kappa shape index (κ3) is 9.64. The van der Waals surface area contributed by atoms with Crippen LogP contribution in [0.1, 0.15) is 93.9 Å². The molecule has 0 aromatic heterocycles. The van der Waals surface area contributed by atoms with Gasteiger partial charge in [0.1, 0.15) is 42.0 Å². The molecule has 14 heteroatoms. The molecule has 6 aliphatic heterocycles. The van der Waals surface area contributed by atoms with E-state index in [1.54, 1.807) is 40.2 Å². The highest BCUT2D eigenvalue weighted by Crippen LogP contribution is 2.47. The highest BCUT2D eigenvalue weighted by Gasteiger charge is 2.60. The molecule has 7 rings (SSSR count). The number of hydrogen-bond donors (Lipinski definition) is 3. The minimum atomic E-state index is -1.84. The molecule has 2 bridgehead atoms. The zero-order valence-electron chi connectivity index (χ0n) is 38.2. The number of allylic oxidation sites excluding steroid dienone is 2. The van der Waals surface area contributed by atoms with Gasteiger partial charge in [-0.05, 0) is 62.8 Å². The first-order valence-corrected chi connectivity index (χ1v) is 22.9. The maximum absolute atomic E-state index is 14.3. The molecular formula is C48H72O14. The summed E-state index contributed by atoms with van der Waals surface area (Å²) in [6.45, 7) is 16.1. The second-order valence-corrected chi connectivity index (χ2v) is 19.0. The Hall–Kier alpha value is -2.31. The summed E-state index contributed by atoms with van der Waals surface area (Å²) in [5, 5.41) is 34.2. The Morgan fingerprint density at radius 3 is 2.32 bits per heavy atom. The van der Waals surface area contributed by atoms with Gasteiger partial charge >= 0.3 is 5.97 Å². The van der Waals surface area contributed by atoms with Crippen molar-refractivity contribution in [3.63, 3.8) is 0 Å². The van der Waals surface area contributed by atoms with Gasteiger partial charge in [-0.3, -0.25) is 4.79 Å². The van der Waals surface area contributed by atoms with E-state index >= 15 is 0 Å². The molecule has 20 atom stereocenters. The summed E-state index contributed by atoms with van der Waals surface area (Å²) >= 11 is 0. The van der Waals surface area contributed by atoms with E-state index in [4.69, 9.17) is 47.4 Å². The van der Waals surface area contributed by atoms with Crippen LogP contribution in [0.4, 0.5) is 0 Å². The summed E-state index contributed by atoms with van der Waals surface area (Å²) in [5.41, 5.74) is 0.134. The third-order valence-corrected chi connectivity index (χ3v) is 14.5. The summed E-state index contributed by atoms with van der Waals surface area (Å²) in [6, 6.07) is 0. The van der Waals surface area contributed by atoms with Gasteiger partial charge in [0.15, 0.2) is 18.4 Å². The molecule has 7 aliphatic rings. The topological polar surface area (TPSA) is 170 Å². The van der Waals surface area contributed by atoms with E-state index in [1.807, 2.05) is 32.1 Å². The maximum Gasteiger partial charge on any atom is 0.316 e. The number of esters is 1. The lowest BCUT2D eigenvalue weighted by atomic mass is 9.71. The van der Waals surface area contributed by atoms with Crippen molar-refractivity contribution in [3.8, 4) is 0 Å². The summed E-state index contributed by atoms with van der Waals surface area (Å²) in [7, 11) is 3.22. The van der Waals surface area contributed by atoms with Crippen LogP contribution < -0.4 is 0 Å². The average Bonchev–Trinajstić information content (AvgIpc) is 3.58. The van der Waals surface area contributed by atoms with E-state index < -0.39 is 90.8 Å². The van der Waals surface area contributed by atoms with Crippen molar-refractivity contribution in [2.24, 2.45) is 23.7 Å². The van der Waals surface area contributed by atoms with Gasteiger partial charge in [-0.15, -0.1) is 0 Å². The molecule has 1 aliphatic carbocycles. The molecule has 348 valence electrons. The van der Waals surface area contributed by atoms with Crippen molar-refractivity contribution in [2.45, 2.75) is 191 Å². The Morgan fingerprint density at radius 2 is 1.60 bits per heavy atom. The van der Waals surface area contributed by atoms with Crippen LogP contribution in [0.5, 0.6) is 0 Å². The number of aliphatic hydroxyl groups is 3. The Morgan fingerprint density at radius 1 is 0.887 bits per heavy atom. The number of aliphatic hydroxyl groups excluding tert-OH is 2. The lowest BCUT2D eigenvalue weighted by molar-refractivity contribution is -0.318. The highest BCUT2D eigenvalue weighted by molar-refractivity contribution is 5.78. The summed E-state index contributed by atoms with van der Waals surface area (Å²) in [6.07, 6.45) is 8.55. The van der Waals surface area contributed by atoms with Crippen LogP contribution >= 0.6 is 0 Å². The SMILES string of the molecule is CC[C@H](C)[C@H]1OC2(C=C[C@@H]1C)C[C@@H]1C[C@@H](C/C=C(\C)[C@@H](O[C@H]3C[C@H](OC)[C@@H](O[C@H]4C[C@H](OC)[C@@H](O)[C@H](C)O4)[C@H](C)O3)[C@@H](C)/C=C/C=C3\CO[C@@H]4[C@H](O)C(C)=C[C@@H](C(=O)O1)[C@]34O)O2. The smallest absolute Gasteiger partial charge is 0.316 e. The van der Waals surface area contributed by atoms with Crippen molar-refractivity contribution >= 4 is 5.97 Å². The van der Waals surface area contributed by atoms with E-state index in [2.05, 4.69) is 39.8 Å². The normalized spacial score (nSPS) is 49.1. The molecule has 0 aromatic carbocycles. The molecule has 0 saturated carbocycles. The molecule has 62 heavy (non-hydrogen) atoms. The fourth-order valence-corrected chi connectivity index (χ4v) is 10.6. The van der Waals surface area contributed by atoms with Gasteiger partial charge in [0.25, 0.3) is 0 Å². The van der Waals surface area contributed by atoms with E-state index in [9.17, 15) is 20.1 Å². The number of carbonyl (C=O) groups is 1. The largest absolute Gasteiger partial charge is 0.462 e.